The van der Waals surface area contributed by atoms with E-state index in [1.165, 1.54) is 22.8 Å². The summed E-state index contributed by atoms with van der Waals surface area (Å²) in [6.45, 7) is 7.03. The van der Waals surface area contributed by atoms with Gasteiger partial charge in [0.2, 0.25) is 0 Å². The zero-order valence-electron chi connectivity index (χ0n) is 16.4. The van der Waals surface area contributed by atoms with Crippen molar-refractivity contribution in [1.82, 2.24) is 0 Å². The molecule has 0 unspecified atom stereocenters. The van der Waals surface area contributed by atoms with Crippen molar-refractivity contribution in [1.29, 1.82) is 0 Å². The number of nitrogens with two attached hydrogens (primary N) is 1. The van der Waals surface area contributed by atoms with Crippen molar-refractivity contribution >= 4 is 30.3 Å². The largest absolute Gasteiger partial charge is 0.475 e. The Hall–Kier alpha value is -1.07. The maximum atomic E-state index is 6.59. The van der Waals surface area contributed by atoms with Crippen LogP contribution in [-0.2, 0) is 15.7 Å². The molecule has 6 rings (SSSR count). The molecule has 5 atom stereocenters. The Morgan fingerprint density at radius 2 is 1.85 bits per heavy atom. The quantitative estimate of drug-likeness (QED) is 0.796. The zero-order chi connectivity index (χ0) is 18.1. The standard InChI is InChI=1S/C22H28BNO2.ClH/c1-21(2)16-12-18(21)22(3)19(13-16)25-23(26-22)20(24)11-15-9-6-8-14-7-4-5-10-17(14)15;/h4-10,16,18-20H,11-13,24H2,1-3H3;1H/t16-,18-,19+,20-,22-;/m0./s1. The van der Waals surface area contributed by atoms with Crippen LogP contribution in [0.4, 0.5) is 0 Å². The van der Waals surface area contributed by atoms with Crippen LogP contribution in [0.25, 0.3) is 10.8 Å². The van der Waals surface area contributed by atoms with E-state index < -0.39 is 0 Å². The molecule has 27 heavy (non-hydrogen) atoms. The van der Waals surface area contributed by atoms with Crippen LogP contribution in [0.15, 0.2) is 42.5 Å². The topological polar surface area (TPSA) is 44.5 Å². The summed E-state index contributed by atoms with van der Waals surface area (Å²) < 4.78 is 12.9. The molecule has 3 aliphatic carbocycles. The van der Waals surface area contributed by atoms with Gasteiger partial charge in [0, 0.05) is 5.94 Å². The molecule has 3 nitrogen and oxygen atoms in total. The van der Waals surface area contributed by atoms with Gasteiger partial charge in [-0.3, -0.25) is 0 Å². The van der Waals surface area contributed by atoms with Crippen molar-refractivity contribution in [2.24, 2.45) is 23.0 Å². The van der Waals surface area contributed by atoms with Crippen LogP contribution in [0, 0.1) is 17.3 Å². The van der Waals surface area contributed by atoms with Crippen molar-refractivity contribution in [2.75, 3.05) is 0 Å². The molecule has 0 aromatic heterocycles. The molecule has 2 aromatic carbocycles. The molecule has 4 aliphatic rings. The number of rotatable bonds is 3. The highest BCUT2D eigenvalue weighted by Crippen LogP contribution is 2.65. The second-order valence-electron chi connectivity index (χ2n) is 9.34. The van der Waals surface area contributed by atoms with Crippen LogP contribution in [0.5, 0.6) is 0 Å². The average Bonchev–Trinajstić information content (AvgIpc) is 2.99. The third kappa shape index (κ3) is 2.76. The Kier molecular flexibility index (Phi) is 4.63. The monoisotopic (exact) mass is 385 g/mol. The molecular weight excluding hydrogens is 357 g/mol. The van der Waals surface area contributed by atoms with E-state index in [2.05, 4.69) is 63.2 Å². The molecule has 2 aromatic rings. The maximum Gasteiger partial charge on any atom is 0.475 e. The summed E-state index contributed by atoms with van der Waals surface area (Å²) >= 11 is 0. The van der Waals surface area contributed by atoms with E-state index in [0.717, 1.165) is 18.8 Å². The molecule has 2 N–H and O–H groups in total. The van der Waals surface area contributed by atoms with E-state index in [1.807, 2.05) is 0 Å². The zero-order valence-corrected chi connectivity index (χ0v) is 17.2. The van der Waals surface area contributed by atoms with E-state index in [1.54, 1.807) is 0 Å². The summed E-state index contributed by atoms with van der Waals surface area (Å²) in [6.07, 6.45) is 3.35. The molecule has 3 saturated carbocycles. The van der Waals surface area contributed by atoms with Gasteiger partial charge >= 0.3 is 7.12 Å². The van der Waals surface area contributed by atoms with Gasteiger partial charge in [-0.2, -0.15) is 0 Å². The molecule has 2 bridgehead atoms. The van der Waals surface area contributed by atoms with Gasteiger partial charge in [-0.25, -0.2) is 0 Å². The van der Waals surface area contributed by atoms with Crippen molar-refractivity contribution in [2.45, 2.75) is 57.7 Å². The lowest BCUT2D eigenvalue weighted by Gasteiger charge is -2.64. The van der Waals surface area contributed by atoms with E-state index in [9.17, 15) is 0 Å². The van der Waals surface area contributed by atoms with Crippen LogP contribution in [-0.4, -0.2) is 24.8 Å². The summed E-state index contributed by atoms with van der Waals surface area (Å²) in [5, 5.41) is 2.53. The molecular formula is C22H29BClNO2. The van der Waals surface area contributed by atoms with Gasteiger partial charge in [0.15, 0.2) is 0 Å². The Balaban J connectivity index is 0.00000180. The van der Waals surface area contributed by atoms with E-state index >= 15 is 0 Å². The predicted octanol–water partition coefficient (Wildman–Crippen LogP) is 4.40. The van der Waals surface area contributed by atoms with Gasteiger partial charge in [0.1, 0.15) is 0 Å². The lowest BCUT2D eigenvalue weighted by Crippen LogP contribution is -2.65. The first-order valence-electron chi connectivity index (χ1n) is 9.95. The molecule has 0 amide bonds. The molecule has 5 heteroatoms. The highest BCUT2D eigenvalue weighted by molar-refractivity contribution is 6.47. The summed E-state index contributed by atoms with van der Waals surface area (Å²) in [4.78, 5) is 0. The SMILES string of the molecule is CC1(C)[C@@H]2C[C@H]3OB([C@@H](N)Cc4cccc5ccccc45)O[C@@]3(C)[C@H]1C2.Cl. The van der Waals surface area contributed by atoms with E-state index in [-0.39, 0.29) is 37.2 Å². The third-order valence-electron chi connectivity index (χ3n) is 7.65. The molecule has 0 radical (unpaired) electrons. The first kappa shape index (κ1) is 19.3. The van der Waals surface area contributed by atoms with Crippen molar-refractivity contribution in [3.8, 4) is 0 Å². The molecule has 1 saturated heterocycles. The molecule has 1 heterocycles. The summed E-state index contributed by atoms with van der Waals surface area (Å²) in [6, 6.07) is 14.9. The van der Waals surface area contributed by atoms with Crippen LogP contribution >= 0.6 is 12.4 Å². The van der Waals surface area contributed by atoms with E-state index in [4.69, 9.17) is 15.0 Å². The average molecular weight is 386 g/mol. The maximum absolute atomic E-state index is 6.59. The molecule has 1 aliphatic heterocycles. The third-order valence-corrected chi connectivity index (χ3v) is 7.65. The minimum Gasteiger partial charge on any atom is -0.404 e. The fourth-order valence-electron chi connectivity index (χ4n) is 5.90. The second-order valence-corrected chi connectivity index (χ2v) is 9.34. The Morgan fingerprint density at radius 1 is 1.11 bits per heavy atom. The number of benzene rings is 2. The molecule has 0 spiro atoms. The highest BCUT2D eigenvalue weighted by atomic mass is 35.5. The molecule has 144 valence electrons. The van der Waals surface area contributed by atoms with Gasteiger partial charge in [0.05, 0.1) is 11.7 Å². The highest BCUT2D eigenvalue weighted by Gasteiger charge is 2.68. The number of halogens is 1. The van der Waals surface area contributed by atoms with Gasteiger partial charge in [-0.15, -0.1) is 12.4 Å². The number of hydrogen-bond donors (Lipinski definition) is 1. The Bertz CT molecular complexity index is 854. The van der Waals surface area contributed by atoms with Gasteiger partial charge in [-0.05, 0) is 59.8 Å². The van der Waals surface area contributed by atoms with Crippen LogP contribution in [0.1, 0.15) is 39.2 Å². The van der Waals surface area contributed by atoms with Crippen molar-refractivity contribution in [3.63, 3.8) is 0 Å². The first-order valence-corrected chi connectivity index (χ1v) is 9.95. The van der Waals surface area contributed by atoms with Crippen LogP contribution in [0.2, 0.25) is 0 Å². The fourth-order valence-corrected chi connectivity index (χ4v) is 5.90. The fraction of sp³-hybridized carbons (Fsp3) is 0.545. The van der Waals surface area contributed by atoms with Gasteiger partial charge < -0.3 is 15.0 Å². The minimum atomic E-state index is -0.306. The van der Waals surface area contributed by atoms with Crippen molar-refractivity contribution in [3.05, 3.63) is 48.0 Å². The van der Waals surface area contributed by atoms with Crippen LogP contribution in [0.3, 0.4) is 0 Å². The number of fused-ring (bicyclic) bond motifs is 1. The Morgan fingerprint density at radius 3 is 2.63 bits per heavy atom. The lowest BCUT2D eigenvalue weighted by molar-refractivity contribution is -0.199. The Labute approximate surface area is 168 Å². The second kappa shape index (κ2) is 6.48. The van der Waals surface area contributed by atoms with E-state index in [0.29, 0.717) is 11.3 Å². The predicted molar refractivity (Wildman–Crippen MR) is 113 cm³/mol. The first-order chi connectivity index (χ1) is 12.4. The summed E-state index contributed by atoms with van der Waals surface area (Å²) in [7, 11) is -0.306. The minimum absolute atomic E-state index is 0. The van der Waals surface area contributed by atoms with Crippen molar-refractivity contribution < 1.29 is 9.31 Å². The summed E-state index contributed by atoms with van der Waals surface area (Å²) in [5.41, 5.74) is 8.05. The van der Waals surface area contributed by atoms with Gasteiger partial charge in [-0.1, -0.05) is 56.3 Å². The smallest absolute Gasteiger partial charge is 0.404 e. The lowest BCUT2D eigenvalue weighted by atomic mass is 9.43. The normalized spacial score (nSPS) is 34.5. The van der Waals surface area contributed by atoms with Crippen LogP contribution < -0.4 is 5.73 Å². The van der Waals surface area contributed by atoms with Gasteiger partial charge in [0.25, 0.3) is 0 Å². The summed E-state index contributed by atoms with van der Waals surface area (Å²) in [5.74, 6) is 1.19. The molecule has 4 fully saturated rings. The number of hydrogen-bond acceptors (Lipinski definition) is 3.